The smallest absolute Gasteiger partial charge is 0.0603 e. The first kappa shape index (κ1) is 11.0. The van der Waals surface area contributed by atoms with Crippen molar-refractivity contribution in [2.45, 2.75) is 44.8 Å². The Morgan fingerprint density at radius 1 is 1.38 bits per heavy atom. The minimum atomic E-state index is -0.540. The molecule has 0 heterocycles. The summed E-state index contributed by atoms with van der Waals surface area (Å²) in [6.45, 7) is 6.40. The van der Waals surface area contributed by atoms with Crippen LogP contribution in [0.3, 0.4) is 0 Å². The lowest BCUT2D eigenvalue weighted by Gasteiger charge is -2.25. The van der Waals surface area contributed by atoms with Gasteiger partial charge < -0.3 is 10.8 Å². The topological polar surface area (TPSA) is 49.5 Å². The molecule has 78 valence electrons. The highest BCUT2D eigenvalue weighted by atomic mass is 16.3. The molecular weight excluding hydrogens is 164 g/mol. The third-order valence-corrected chi connectivity index (χ3v) is 2.49. The lowest BCUT2D eigenvalue weighted by molar-refractivity contribution is 0.0569. The molecule has 0 aliphatic heterocycles. The first-order valence-corrected chi connectivity index (χ1v) is 5.19. The summed E-state index contributed by atoms with van der Waals surface area (Å²) in [7, 11) is 0. The van der Waals surface area contributed by atoms with Crippen LogP contribution in [0.25, 0.3) is 0 Å². The lowest BCUT2D eigenvalue weighted by atomic mass is 10.1. The first-order chi connectivity index (χ1) is 6.03. The van der Waals surface area contributed by atoms with E-state index < -0.39 is 5.60 Å². The second kappa shape index (κ2) is 4.40. The molecule has 1 aliphatic rings. The fraction of sp³-hybridized carbons (Fsp3) is 1.00. The average molecular weight is 186 g/mol. The molecular formula is C10H22N2O. The first-order valence-electron chi connectivity index (χ1n) is 5.19. The van der Waals surface area contributed by atoms with Gasteiger partial charge in [-0.1, -0.05) is 0 Å². The summed E-state index contributed by atoms with van der Waals surface area (Å²) in [5, 5.41) is 9.58. The van der Waals surface area contributed by atoms with Gasteiger partial charge in [-0.2, -0.15) is 0 Å². The van der Waals surface area contributed by atoms with E-state index in [1.165, 1.54) is 12.8 Å². The fourth-order valence-electron chi connectivity index (χ4n) is 1.50. The van der Waals surface area contributed by atoms with Gasteiger partial charge in [0.15, 0.2) is 0 Å². The second-order valence-corrected chi connectivity index (χ2v) is 4.62. The molecule has 0 aromatic carbocycles. The molecule has 3 heteroatoms. The van der Waals surface area contributed by atoms with E-state index in [-0.39, 0.29) is 0 Å². The summed E-state index contributed by atoms with van der Waals surface area (Å²) in [6, 6.07) is 0.755. The Morgan fingerprint density at radius 2 is 2.00 bits per heavy atom. The summed E-state index contributed by atoms with van der Waals surface area (Å²) in [6.07, 6.45) is 3.46. The van der Waals surface area contributed by atoms with Gasteiger partial charge in [0.05, 0.1) is 5.60 Å². The SMILES string of the molecule is CC(C)(O)CCN(CCN)C1CC1. The predicted molar refractivity (Wildman–Crippen MR) is 54.6 cm³/mol. The van der Waals surface area contributed by atoms with Crippen LogP contribution in [0.2, 0.25) is 0 Å². The monoisotopic (exact) mass is 186 g/mol. The number of rotatable bonds is 6. The zero-order valence-corrected chi connectivity index (χ0v) is 8.79. The molecule has 0 radical (unpaired) electrons. The number of hydrogen-bond acceptors (Lipinski definition) is 3. The maximum Gasteiger partial charge on any atom is 0.0603 e. The molecule has 13 heavy (non-hydrogen) atoms. The van der Waals surface area contributed by atoms with E-state index >= 15 is 0 Å². The van der Waals surface area contributed by atoms with E-state index in [9.17, 15) is 5.11 Å². The van der Waals surface area contributed by atoms with Crippen molar-refractivity contribution in [2.24, 2.45) is 5.73 Å². The van der Waals surface area contributed by atoms with Crippen molar-refractivity contribution in [1.82, 2.24) is 4.90 Å². The fourth-order valence-corrected chi connectivity index (χ4v) is 1.50. The van der Waals surface area contributed by atoms with Crippen molar-refractivity contribution in [3.05, 3.63) is 0 Å². The van der Waals surface area contributed by atoms with Crippen molar-refractivity contribution in [3.63, 3.8) is 0 Å². The van der Waals surface area contributed by atoms with Crippen molar-refractivity contribution in [3.8, 4) is 0 Å². The second-order valence-electron chi connectivity index (χ2n) is 4.62. The number of aliphatic hydroxyl groups is 1. The van der Waals surface area contributed by atoms with Crippen LogP contribution >= 0.6 is 0 Å². The van der Waals surface area contributed by atoms with Crippen LogP contribution < -0.4 is 5.73 Å². The van der Waals surface area contributed by atoms with Crippen molar-refractivity contribution in [2.75, 3.05) is 19.6 Å². The largest absolute Gasteiger partial charge is 0.390 e. The number of hydrogen-bond donors (Lipinski definition) is 2. The number of nitrogens with zero attached hydrogens (tertiary/aromatic N) is 1. The van der Waals surface area contributed by atoms with Gasteiger partial charge in [-0.3, -0.25) is 4.90 Å². The van der Waals surface area contributed by atoms with Gasteiger partial charge >= 0.3 is 0 Å². The Balaban J connectivity index is 2.22. The van der Waals surface area contributed by atoms with Gasteiger partial charge in [0.2, 0.25) is 0 Å². The van der Waals surface area contributed by atoms with Gasteiger partial charge in [-0.25, -0.2) is 0 Å². The third-order valence-electron chi connectivity index (χ3n) is 2.49. The van der Waals surface area contributed by atoms with Crippen LogP contribution in [0.15, 0.2) is 0 Å². The Bertz CT molecular complexity index is 149. The highest BCUT2D eigenvalue weighted by molar-refractivity contribution is 4.85. The van der Waals surface area contributed by atoms with Crippen LogP contribution in [0, 0.1) is 0 Å². The van der Waals surface area contributed by atoms with Crippen LogP contribution in [-0.2, 0) is 0 Å². The maximum atomic E-state index is 9.58. The molecule has 1 rings (SSSR count). The van der Waals surface area contributed by atoms with Crippen molar-refractivity contribution in [1.29, 1.82) is 0 Å². The molecule has 0 atom stereocenters. The Hall–Kier alpha value is -0.120. The maximum absolute atomic E-state index is 9.58. The van der Waals surface area contributed by atoms with E-state index in [0.29, 0.717) is 0 Å². The van der Waals surface area contributed by atoms with Gasteiger partial charge in [0.1, 0.15) is 0 Å². The minimum Gasteiger partial charge on any atom is -0.390 e. The third kappa shape index (κ3) is 4.60. The van der Waals surface area contributed by atoms with Crippen LogP contribution in [-0.4, -0.2) is 41.3 Å². The number of nitrogens with two attached hydrogens (primary N) is 1. The lowest BCUT2D eigenvalue weighted by Crippen LogP contribution is -2.35. The van der Waals surface area contributed by atoms with Crippen LogP contribution in [0.4, 0.5) is 0 Å². The minimum absolute atomic E-state index is 0.540. The molecule has 3 N–H and O–H groups in total. The van der Waals surface area contributed by atoms with E-state index in [1.54, 1.807) is 0 Å². The molecule has 0 amide bonds. The van der Waals surface area contributed by atoms with Crippen molar-refractivity contribution < 1.29 is 5.11 Å². The molecule has 1 fully saturated rings. The van der Waals surface area contributed by atoms with E-state index in [2.05, 4.69) is 4.90 Å². The predicted octanol–water partition coefficient (Wildman–Crippen LogP) is 0.570. The Labute approximate surface area is 80.9 Å². The van der Waals surface area contributed by atoms with Gasteiger partial charge in [-0.15, -0.1) is 0 Å². The summed E-state index contributed by atoms with van der Waals surface area (Å²) in [5.74, 6) is 0. The van der Waals surface area contributed by atoms with Gasteiger partial charge in [0.25, 0.3) is 0 Å². The standard InChI is InChI=1S/C10H22N2O/c1-10(2,13)5-7-12(8-6-11)9-3-4-9/h9,13H,3-8,11H2,1-2H3. The van der Waals surface area contributed by atoms with Gasteiger partial charge in [0, 0.05) is 25.7 Å². The Morgan fingerprint density at radius 3 is 2.38 bits per heavy atom. The van der Waals surface area contributed by atoms with E-state index in [1.807, 2.05) is 13.8 Å². The summed E-state index contributed by atoms with van der Waals surface area (Å²) in [5.41, 5.74) is 4.99. The van der Waals surface area contributed by atoms with E-state index in [4.69, 9.17) is 5.73 Å². The molecule has 1 saturated carbocycles. The normalized spacial score (nSPS) is 18.2. The average Bonchev–Trinajstić information content (AvgIpc) is 2.78. The van der Waals surface area contributed by atoms with Crippen LogP contribution in [0.1, 0.15) is 33.1 Å². The van der Waals surface area contributed by atoms with Gasteiger partial charge in [-0.05, 0) is 33.1 Å². The molecule has 0 saturated heterocycles. The van der Waals surface area contributed by atoms with Crippen molar-refractivity contribution >= 4 is 0 Å². The Kier molecular flexibility index (Phi) is 3.71. The summed E-state index contributed by atoms with van der Waals surface area (Å²) in [4.78, 5) is 2.40. The molecule has 0 spiro atoms. The highest BCUT2D eigenvalue weighted by Crippen LogP contribution is 2.27. The molecule has 3 nitrogen and oxygen atoms in total. The molecule has 0 aromatic rings. The summed E-state index contributed by atoms with van der Waals surface area (Å²) >= 11 is 0. The zero-order valence-electron chi connectivity index (χ0n) is 8.79. The highest BCUT2D eigenvalue weighted by Gasteiger charge is 2.29. The molecule has 0 bridgehead atoms. The van der Waals surface area contributed by atoms with E-state index in [0.717, 1.165) is 32.1 Å². The summed E-state index contributed by atoms with van der Waals surface area (Å²) < 4.78 is 0. The molecule has 0 aromatic heterocycles. The zero-order chi connectivity index (χ0) is 9.90. The molecule has 1 aliphatic carbocycles. The van der Waals surface area contributed by atoms with Crippen LogP contribution in [0.5, 0.6) is 0 Å². The molecule has 0 unspecified atom stereocenters. The quantitative estimate of drug-likeness (QED) is 0.637.